The van der Waals surface area contributed by atoms with E-state index in [-0.39, 0.29) is 5.78 Å². The number of halogens is 1. The van der Waals surface area contributed by atoms with Crippen LogP contribution >= 0.6 is 22.6 Å². The van der Waals surface area contributed by atoms with Gasteiger partial charge >= 0.3 is 5.97 Å². The van der Waals surface area contributed by atoms with Gasteiger partial charge in [-0.3, -0.25) is 4.79 Å². The Morgan fingerprint density at radius 2 is 1.83 bits per heavy atom. The Kier molecular flexibility index (Phi) is 5.77. The number of esters is 1. The van der Waals surface area contributed by atoms with Crippen molar-refractivity contribution in [3.05, 3.63) is 51.6 Å². The number of methoxy groups -OCH3 is 1. The van der Waals surface area contributed by atoms with Crippen molar-refractivity contribution in [3.63, 3.8) is 0 Å². The summed E-state index contributed by atoms with van der Waals surface area (Å²) in [5, 5.41) is 0. The number of hydrogen-bond donors (Lipinski definition) is 0. The molecule has 94 valence electrons. The Balaban J connectivity index is 3.09. The second-order valence-electron chi connectivity index (χ2n) is 3.55. The van der Waals surface area contributed by atoms with Crippen LogP contribution in [0.1, 0.15) is 12.5 Å². The summed E-state index contributed by atoms with van der Waals surface area (Å²) >= 11 is 2.19. The van der Waals surface area contributed by atoms with Crippen molar-refractivity contribution in [1.82, 2.24) is 0 Å². The molecule has 1 aromatic carbocycles. The third-order valence-corrected chi connectivity index (χ3v) is 2.87. The number of allylic oxidation sites excluding steroid dienone is 3. The lowest BCUT2D eigenvalue weighted by atomic mass is 10.1. The molecule has 18 heavy (non-hydrogen) atoms. The topological polar surface area (TPSA) is 43.4 Å². The highest BCUT2D eigenvalue weighted by Crippen LogP contribution is 2.17. The van der Waals surface area contributed by atoms with E-state index >= 15 is 0 Å². The van der Waals surface area contributed by atoms with Crippen LogP contribution in [0.25, 0.3) is 5.57 Å². The Bertz CT molecular complexity index is 498. The van der Waals surface area contributed by atoms with Gasteiger partial charge in [-0.2, -0.15) is 0 Å². The molecule has 3 nitrogen and oxygen atoms in total. The number of hydrogen-bond acceptors (Lipinski definition) is 3. The molecule has 0 spiro atoms. The van der Waals surface area contributed by atoms with Gasteiger partial charge in [0.2, 0.25) is 0 Å². The highest BCUT2D eigenvalue weighted by molar-refractivity contribution is 14.1. The minimum Gasteiger partial charge on any atom is -0.465 e. The molecular weight excluding hydrogens is 343 g/mol. The zero-order valence-electron chi connectivity index (χ0n) is 10.1. The smallest absolute Gasteiger partial charge is 0.338 e. The van der Waals surface area contributed by atoms with Crippen LogP contribution in [0, 0.1) is 3.57 Å². The summed E-state index contributed by atoms with van der Waals surface area (Å²) in [6.07, 6.45) is 4.53. The van der Waals surface area contributed by atoms with E-state index in [0.29, 0.717) is 5.57 Å². The van der Waals surface area contributed by atoms with Gasteiger partial charge in [0.05, 0.1) is 12.7 Å². The largest absolute Gasteiger partial charge is 0.465 e. The van der Waals surface area contributed by atoms with Gasteiger partial charge in [-0.1, -0.05) is 18.2 Å². The van der Waals surface area contributed by atoms with Crippen molar-refractivity contribution < 1.29 is 14.3 Å². The maximum absolute atomic E-state index is 11.7. The summed E-state index contributed by atoms with van der Waals surface area (Å²) in [6.45, 7) is 1.45. The summed E-state index contributed by atoms with van der Waals surface area (Å²) in [5.74, 6) is -0.498. The molecule has 0 radical (unpaired) electrons. The molecule has 0 N–H and O–H groups in total. The van der Waals surface area contributed by atoms with E-state index in [1.807, 2.05) is 24.3 Å². The van der Waals surface area contributed by atoms with Gasteiger partial charge in [-0.05, 0) is 59.4 Å². The normalized spacial score (nSPS) is 11.6. The van der Waals surface area contributed by atoms with Gasteiger partial charge in [-0.15, -0.1) is 0 Å². The maximum Gasteiger partial charge on any atom is 0.338 e. The van der Waals surface area contributed by atoms with Crippen LogP contribution in [0.3, 0.4) is 0 Å². The molecule has 0 heterocycles. The van der Waals surface area contributed by atoms with E-state index in [4.69, 9.17) is 4.74 Å². The van der Waals surface area contributed by atoms with Crippen LogP contribution < -0.4 is 0 Å². The van der Waals surface area contributed by atoms with Crippen molar-refractivity contribution in [2.24, 2.45) is 0 Å². The fourth-order valence-corrected chi connectivity index (χ4v) is 1.66. The average Bonchev–Trinajstić information content (AvgIpc) is 2.35. The molecule has 0 saturated carbocycles. The quantitative estimate of drug-likeness (QED) is 0.361. The molecule has 0 atom stereocenters. The first-order chi connectivity index (χ1) is 8.54. The maximum atomic E-state index is 11.7. The van der Waals surface area contributed by atoms with Crippen molar-refractivity contribution in [2.45, 2.75) is 6.92 Å². The molecule has 0 fully saturated rings. The fraction of sp³-hybridized carbons (Fsp3) is 0.143. The van der Waals surface area contributed by atoms with Crippen LogP contribution in [0.2, 0.25) is 0 Å². The zero-order valence-corrected chi connectivity index (χ0v) is 12.3. The van der Waals surface area contributed by atoms with E-state index in [1.165, 1.54) is 20.1 Å². The third kappa shape index (κ3) is 4.44. The molecule has 0 aliphatic rings. The highest BCUT2D eigenvalue weighted by atomic mass is 127. The number of benzene rings is 1. The standard InChI is InChI=1S/C14H13IO3/c1-10(16)4-3-5-13(14(17)18-2)11-6-8-12(15)9-7-11/h3-9H,1-2H3/b4-3-,13-5-. The number of carbonyl (C=O) groups excluding carboxylic acids is 2. The van der Waals surface area contributed by atoms with Crippen LogP contribution in [-0.2, 0) is 14.3 Å². The van der Waals surface area contributed by atoms with Gasteiger partial charge in [0.15, 0.2) is 5.78 Å². The Morgan fingerprint density at radius 3 is 2.33 bits per heavy atom. The molecule has 0 aliphatic heterocycles. The van der Waals surface area contributed by atoms with Gasteiger partial charge in [-0.25, -0.2) is 4.79 Å². The second-order valence-corrected chi connectivity index (χ2v) is 4.79. The summed E-state index contributed by atoms with van der Waals surface area (Å²) in [4.78, 5) is 22.5. The molecular formula is C14H13IO3. The lowest BCUT2D eigenvalue weighted by molar-refractivity contribution is -0.133. The van der Waals surface area contributed by atoms with Gasteiger partial charge < -0.3 is 4.74 Å². The average molecular weight is 356 g/mol. The van der Waals surface area contributed by atoms with Crippen molar-refractivity contribution in [2.75, 3.05) is 7.11 Å². The van der Waals surface area contributed by atoms with Crippen molar-refractivity contribution in [1.29, 1.82) is 0 Å². The molecule has 0 unspecified atom stereocenters. The van der Waals surface area contributed by atoms with Crippen molar-refractivity contribution >= 4 is 39.9 Å². The van der Waals surface area contributed by atoms with Crippen molar-refractivity contribution in [3.8, 4) is 0 Å². The van der Waals surface area contributed by atoms with E-state index in [9.17, 15) is 9.59 Å². The number of carbonyl (C=O) groups is 2. The van der Waals surface area contributed by atoms with Gasteiger partial charge in [0, 0.05) is 3.57 Å². The Morgan fingerprint density at radius 1 is 1.22 bits per heavy atom. The molecule has 0 aromatic heterocycles. The van der Waals surface area contributed by atoms with E-state index in [2.05, 4.69) is 22.6 Å². The molecule has 0 aliphatic carbocycles. The summed E-state index contributed by atoms with van der Waals surface area (Å²) in [6, 6.07) is 7.49. The number of rotatable bonds is 4. The monoisotopic (exact) mass is 356 g/mol. The Hall–Kier alpha value is -1.43. The van der Waals surface area contributed by atoms with Crippen LogP contribution in [-0.4, -0.2) is 18.9 Å². The van der Waals surface area contributed by atoms with E-state index in [1.54, 1.807) is 12.2 Å². The lowest BCUT2D eigenvalue weighted by Crippen LogP contribution is -2.03. The van der Waals surface area contributed by atoms with Crippen LogP contribution in [0.4, 0.5) is 0 Å². The first-order valence-electron chi connectivity index (χ1n) is 5.27. The predicted octanol–water partition coefficient (Wildman–Crippen LogP) is 2.99. The molecule has 0 saturated heterocycles. The summed E-state index contributed by atoms with van der Waals surface area (Å²) in [5.41, 5.74) is 1.18. The third-order valence-electron chi connectivity index (χ3n) is 2.15. The van der Waals surface area contributed by atoms with Crippen LogP contribution in [0.5, 0.6) is 0 Å². The first-order valence-corrected chi connectivity index (χ1v) is 6.35. The highest BCUT2D eigenvalue weighted by Gasteiger charge is 2.10. The first kappa shape index (κ1) is 14.6. The predicted molar refractivity (Wildman–Crippen MR) is 79.0 cm³/mol. The second kappa shape index (κ2) is 7.10. The van der Waals surface area contributed by atoms with Crippen LogP contribution in [0.15, 0.2) is 42.5 Å². The zero-order chi connectivity index (χ0) is 13.5. The summed E-state index contributed by atoms with van der Waals surface area (Å²) in [7, 11) is 1.33. The summed E-state index contributed by atoms with van der Waals surface area (Å²) < 4.78 is 5.81. The number of ketones is 1. The molecule has 1 rings (SSSR count). The SMILES string of the molecule is COC(=O)/C(=C\C=C/C(C)=O)c1ccc(I)cc1. The van der Waals surface area contributed by atoms with E-state index < -0.39 is 5.97 Å². The van der Waals surface area contributed by atoms with E-state index in [0.717, 1.165) is 9.13 Å². The number of ether oxygens (including phenoxy) is 1. The fourth-order valence-electron chi connectivity index (χ4n) is 1.30. The molecule has 0 bridgehead atoms. The minimum absolute atomic E-state index is 0.0712. The van der Waals surface area contributed by atoms with Gasteiger partial charge in [0.1, 0.15) is 0 Å². The lowest BCUT2D eigenvalue weighted by Gasteiger charge is -2.04. The Labute approximate surface area is 120 Å². The van der Waals surface area contributed by atoms with Gasteiger partial charge in [0.25, 0.3) is 0 Å². The molecule has 1 aromatic rings. The molecule has 4 heteroatoms. The minimum atomic E-state index is -0.426. The molecule has 0 amide bonds.